The smallest absolute Gasteiger partial charge is 0.135 e. The van der Waals surface area contributed by atoms with Crippen molar-refractivity contribution in [3.8, 4) is 56.0 Å². The molecule has 3 aliphatic heterocycles. The van der Waals surface area contributed by atoms with E-state index in [4.69, 9.17) is 24.8 Å². The number of anilines is 7. The fourth-order valence-electron chi connectivity index (χ4n) is 12.0. The van der Waals surface area contributed by atoms with Crippen molar-refractivity contribution in [2.45, 2.75) is 59.2 Å². The number of hydrogen-bond donors (Lipinski definition) is 0. The van der Waals surface area contributed by atoms with Crippen molar-refractivity contribution < 1.29 is 43.6 Å². The second-order valence-electron chi connectivity index (χ2n) is 22.7. The van der Waals surface area contributed by atoms with Crippen LogP contribution in [0.1, 0.15) is 76.1 Å². The Morgan fingerprint density at radius 2 is 1.04 bits per heavy atom. The van der Waals surface area contributed by atoms with E-state index in [9.17, 15) is 2.74 Å². The van der Waals surface area contributed by atoms with Gasteiger partial charge in [0.2, 0.25) is 0 Å². The number of para-hydroxylation sites is 4. The Morgan fingerprint density at radius 3 is 1.67 bits per heavy atom. The molecule has 11 aromatic rings. The van der Waals surface area contributed by atoms with Crippen molar-refractivity contribution >= 4 is 68.8 Å². The van der Waals surface area contributed by atoms with Gasteiger partial charge in [-0.25, -0.2) is 4.98 Å². The Bertz CT molecular complexity index is 4870. The Balaban J connectivity index is 0.00000818. The van der Waals surface area contributed by atoms with Crippen molar-refractivity contribution in [1.29, 1.82) is 0 Å². The first-order valence-corrected chi connectivity index (χ1v) is 29.0. The summed E-state index contributed by atoms with van der Waals surface area (Å²) in [7, 11) is -3.27. The van der Waals surface area contributed by atoms with Crippen LogP contribution in [0.5, 0.6) is 11.5 Å². The van der Waals surface area contributed by atoms with Crippen LogP contribution >= 0.6 is 0 Å². The summed E-state index contributed by atoms with van der Waals surface area (Å²) in [6, 6.07) is 58.4. The first kappa shape index (κ1) is 39.8. The van der Waals surface area contributed by atoms with Gasteiger partial charge in [-0.1, -0.05) is 223 Å². The number of aryl methyl sites for hydroxylation is 1. The van der Waals surface area contributed by atoms with Gasteiger partial charge in [-0.15, -0.1) is 47.9 Å². The summed E-state index contributed by atoms with van der Waals surface area (Å²) in [6.07, 6.45) is 1.28. The van der Waals surface area contributed by atoms with E-state index in [1.54, 1.807) is 6.07 Å². The maximum Gasteiger partial charge on any atom is 0.135 e. The Hall–Kier alpha value is -8.54. The molecule has 0 saturated carbocycles. The summed E-state index contributed by atoms with van der Waals surface area (Å²) in [5.41, 5.74) is 9.41. The number of nitrogens with zero attached hydrogens (tertiary/aromatic N) is 4. The normalized spacial score (nSPS) is 16.1. The van der Waals surface area contributed by atoms with Gasteiger partial charge in [-0.05, 0) is 102 Å². The second kappa shape index (κ2) is 20.5. The minimum absolute atomic E-state index is 0. The van der Waals surface area contributed by atoms with Gasteiger partial charge in [0.25, 0.3) is 0 Å². The van der Waals surface area contributed by atoms with Crippen molar-refractivity contribution in [1.82, 2.24) is 4.98 Å². The van der Waals surface area contributed by atoms with Crippen molar-refractivity contribution in [3.63, 3.8) is 0 Å². The molecule has 404 valence electrons. The predicted octanol–water partition coefficient (Wildman–Crippen LogP) is 16.9. The molecule has 4 heterocycles. The maximum absolute atomic E-state index is 9.33. The van der Waals surface area contributed by atoms with E-state index in [0.717, 1.165) is 71.2 Å². The predicted molar refractivity (Wildman–Crippen MR) is 339 cm³/mol. The van der Waals surface area contributed by atoms with Gasteiger partial charge in [0.05, 0.1) is 13.7 Å². The van der Waals surface area contributed by atoms with Crippen LogP contribution in [0.25, 0.3) is 44.5 Å². The van der Waals surface area contributed by atoms with E-state index in [2.05, 4.69) is 120 Å². The van der Waals surface area contributed by atoms with Crippen molar-refractivity contribution in [2.75, 3.05) is 14.7 Å². The third-order valence-corrected chi connectivity index (χ3v) is 20.7. The van der Waals surface area contributed by atoms with Crippen LogP contribution in [0, 0.1) is 25.7 Å². The fourth-order valence-corrected chi connectivity index (χ4v) is 17.4. The standard InChI is InChI=1S/C75H61N4OSi.Pt/c1-50-42-72(76-48-63(50)52-26-12-9-13-27-52)79-66-36-18-21-39-70(66)81(68-37-19-14-30-61(68)62-31-15-20-38-69(62)81)71-41-40-58(47-67(71)79)80-57-29-22-28-56(46-57)77-49-78(65-35-17-16-34-64(65)77)73-59(51-24-10-8-11-25-51)32-23-33-60(73)53-43-54(74(2,3)4)45-55(44-53)75(5,6)7;/h8-45,48-49H,1-7H3;/q-3;/i1D3,8D,9D,10D,11D,12D,13D,24D,25D,26D,27D;. The van der Waals surface area contributed by atoms with E-state index in [-0.39, 0.29) is 72.1 Å². The van der Waals surface area contributed by atoms with E-state index in [1.165, 1.54) is 12.3 Å². The molecule has 0 atom stereocenters. The molecule has 0 aliphatic carbocycles. The molecule has 0 unspecified atom stereocenters. The van der Waals surface area contributed by atoms with Gasteiger partial charge in [0.1, 0.15) is 13.9 Å². The van der Waals surface area contributed by atoms with E-state index >= 15 is 0 Å². The molecule has 0 radical (unpaired) electrons. The van der Waals surface area contributed by atoms with Crippen LogP contribution in [-0.4, -0.2) is 13.1 Å². The van der Waals surface area contributed by atoms with Crippen LogP contribution in [0.15, 0.2) is 236 Å². The summed E-state index contributed by atoms with van der Waals surface area (Å²) in [6.45, 7) is 12.2. The molecule has 10 aromatic carbocycles. The molecular weight excluding hydrogens is 1200 g/mol. The zero-order chi connectivity index (χ0) is 66.4. The van der Waals surface area contributed by atoms with Crippen LogP contribution in [0.2, 0.25) is 0 Å². The number of ether oxygens (including phenoxy) is 1. The zero-order valence-electron chi connectivity index (χ0n) is 58.8. The molecule has 0 fully saturated rings. The van der Waals surface area contributed by atoms with Gasteiger partial charge < -0.3 is 19.4 Å². The van der Waals surface area contributed by atoms with Crippen LogP contribution < -0.4 is 40.2 Å². The topological polar surface area (TPSA) is 31.8 Å². The Morgan fingerprint density at radius 1 is 0.500 bits per heavy atom. The van der Waals surface area contributed by atoms with Crippen molar-refractivity contribution in [2.24, 2.45) is 0 Å². The Kier molecular flexibility index (Phi) is 9.93. The van der Waals surface area contributed by atoms with Gasteiger partial charge in [-0.3, -0.25) is 0 Å². The third-order valence-electron chi connectivity index (χ3n) is 15.8. The van der Waals surface area contributed by atoms with Gasteiger partial charge in [-0.2, -0.15) is 12.1 Å². The largest absolute Gasteiger partial charge is 0.509 e. The van der Waals surface area contributed by atoms with E-state index in [1.807, 2.05) is 112 Å². The number of rotatable bonds is 8. The summed E-state index contributed by atoms with van der Waals surface area (Å²) in [4.78, 5) is 10.8. The molecule has 1 spiro atoms. The van der Waals surface area contributed by atoms with Crippen LogP contribution in [0.4, 0.5) is 39.9 Å². The van der Waals surface area contributed by atoms with Gasteiger partial charge in [0, 0.05) is 82.3 Å². The fraction of sp³-hybridized carbons (Fsp3) is 0.120. The number of hydrogen-bond acceptors (Lipinski definition) is 5. The van der Waals surface area contributed by atoms with Gasteiger partial charge in [0.15, 0.2) is 0 Å². The van der Waals surface area contributed by atoms with Gasteiger partial charge >= 0.3 is 0 Å². The quantitative estimate of drug-likeness (QED) is 0.112. The molecule has 5 nitrogen and oxygen atoms in total. The minimum atomic E-state index is -3.27. The molecule has 7 heteroatoms. The molecule has 3 aliphatic rings. The maximum atomic E-state index is 9.33. The molecule has 82 heavy (non-hydrogen) atoms. The average molecular weight is 1270 g/mol. The molecule has 0 N–H and O–H groups in total. The summed E-state index contributed by atoms with van der Waals surface area (Å²) >= 11 is 0. The molecule has 0 bridgehead atoms. The average Bonchev–Trinajstić information content (AvgIpc) is 1.59. The first-order valence-electron chi connectivity index (χ1n) is 33.5. The number of benzene rings is 10. The van der Waals surface area contributed by atoms with Crippen LogP contribution in [0.3, 0.4) is 0 Å². The van der Waals surface area contributed by atoms with E-state index in [0.29, 0.717) is 34.1 Å². The molecule has 1 aromatic heterocycles. The minimum Gasteiger partial charge on any atom is -0.509 e. The van der Waals surface area contributed by atoms with Crippen molar-refractivity contribution in [3.05, 3.63) is 272 Å². The monoisotopic (exact) mass is 1270 g/mol. The zero-order valence-corrected chi connectivity index (χ0v) is 49.1. The second-order valence-corrected chi connectivity index (χ2v) is 26.4. The number of pyridine rings is 1. The number of fused-ring (bicyclic) bond motifs is 10. The SMILES string of the molecule is [2H]c1c([2H])c([2H])c(-c2cnc(N3c4[c-]c(Oc5[c-]c(N6[CH-]N(c7c(-c8cc(C(C)(C)C)cc(C(C)(C)C)c8)cccc7-c7c([2H])c([2H])c([2H])c([2H])c7[2H])c7ccccc76)ccc5)ccc4[Si]4(c5ccccc5-c5ccccc54)c4ccccc43)cc2C([2H])([2H])[2H])c([2H])c1[2H].[Pt]. The molecule has 0 amide bonds. The molecule has 14 rings (SSSR count). The number of aromatic nitrogens is 1. The first-order chi connectivity index (χ1) is 44.7. The van der Waals surface area contributed by atoms with E-state index < -0.39 is 63.3 Å². The van der Waals surface area contributed by atoms with Crippen LogP contribution in [-0.2, 0) is 31.9 Å². The third kappa shape index (κ3) is 8.74. The summed E-state index contributed by atoms with van der Waals surface area (Å²) in [5.74, 6) is 0.801. The summed E-state index contributed by atoms with van der Waals surface area (Å²) in [5, 5.41) is 4.26. The molecular formula is C75H61N4OPtSi-3. The molecule has 0 saturated heterocycles. The Labute approximate surface area is 516 Å². The summed E-state index contributed by atoms with van der Waals surface area (Å²) < 4.78 is 122.